The van der Waals surface area contributed by atoms with Gasteiger partial charge in [0, 0.05) is 18.4 Å². The third-order valence-electron chi connectivity index (χ3n) is 3.82. The molecule has 1 nitrogen and oxygen atoms in total. The molecule has 0 unspecified atom stereocenters. The van der Waals surface area contributed by atoms with Gasteiger partial charge in [0.05, 0.1) is 0 Å². The van der Waals surface area contributed by atoms with Crippen LogP contribution >= 0.6 is 0 Å². The molecule has 0 saturated carbocycles. The molecule has 0 atom stereocenters. The van der Waals surface area contributed by atoms with E-state index in [-0.39, 0.29) is 0 Å². The summed E-state index contributed by atoms with van der Waals surface area (Å²) in [6, 6.07) is 17.0. The van der Waals surface area contributed by atoms with E-state index in [1.54, 1.807) is 0 Å². The predicted octanol–water partition coefficient (Wildman–Crippen LogP) is 2.59. The lowest BCUT2D eigenvalue weighted by Gasteiger charge is -2.24. The summed E-state index contributed by atoms with van der Waals surface area (Å²) in [6.45, 7) is 0.908. The minimum atomic E-state index is 0.908. The number of rotatable bonds is 0. The maximum Gasteiger partial charge on any atom is 0.0421 e. The Balaban J connectivity index is 1.95. The van der Waals surface area contributed by atoms with Crippen LogP contribution in [0.3, 0.4) is 0 Å². The molecule has 1 heteroatoms. The van der Waals surface area contributed by atoms with Crippen molar-refractivity contribution >= 4 is 24.4 Å². The normalized spacial score (nSPS) is 15.6. The second-order valence-electron chi connectivity index (χ2n) is 5.16. The van der Waals surface area contributed by atoms with Crippen LogP contribution in [0.15, 0.2) is 60.3 Å². The summed E-state index contributed by atoms with van der Waals surface area (Å²) in [7, 11) is 0. The van der Waals surface area contributed by atoms with Crippen LogP contribution in [0, 0.1) is 0 Å². The second-order valence-corrected chi connectivity index (χ2v) is 5.16. The van der Waals surface area contributed by atoms with Crippen molar-refractivity contribution in [2.45, 2.75) is 0 Å². The highest BCUT2D eigenvalue weighted by Crippen LogP contribution is 2.21. The van der Waals surface area contributed by atoms with E-state index in [2.05, 4.69) is 83.9 Å². The number of allylic oxidation sites excluding steroid dienone is 1. The highest BCUT2D eigenvalue weighted by Gasteiger charge is 2.10. The van der Waals surface area contributed by atoms with E-state index >= 15 is 0 Å². The first-order valence-corrected chi connectivity index (χ1v) is 6.93. The van der Waals surface area contributed by atoms with Crippen LogP contribution in [0.5, 0.6) is 0 Å². The predicted molar refractivity (Wildman–Crippen MR) is 84.8 cm³/mol. The quantitative estimate of drug-likeness (QED) is 0.701. The lowest BCUT2D eigenvalue weighted by atomic mass is 10.0. The molecule has 2 aliphatic rings. The van der Waals surface area contributed by atoms with Gasteiger partial charge in [0.15, 0.2) is 0 Å². The zero-order chi connectivity index (χ0) is 13.4. The standard InChI is InChI=1S/C19H15N/c1-2-7-16-12-19-13-17-8-3-4-9-18(17)14-20(19)11-5-10-15(16)6-1/h1-10,12-14H,11H2. The van der Waals surface area contributed by atoms with Crippen molar-refractivity contribution in [3.05, 3.63) is 81.9 Å². The molecule has 0 bridgehead atoms. The molecule has 2 heterocycles. The first-order valence-electron chi connectivity index (χ1n) is 6.93. The van der Waals surface area contributed by atoms with Gasteiger partial charge in [-0.1, -0.05) is 60.7 Å². The number of benzene rings is 2. The van der Waals surface area contributed by atoms with Crippen LogP contribution in [0.25, 0.3) is 24.4 Å². The van der Waals surface area contributed by atoms with Gasteiger partial charge in [-0.25, -0.2) is 0 Å². The zero-order valence-corrected chi connectivity index (χ0v) is 11.2. The average molecular weight is 257 g/mol. The van der Waals surface area contributed by atoms with E-state index in [9.17, 15) is 0 Å². The largest absolute Gasteiger partial charge is 0.343 e. The maximum absolute atomic E-state index is 2.30. The number of nitrogens with zero attached hydrogens (tertiary/aromatic N) is 1. The lowest BCUT2D eigenvalue weighted by Crippen LogP contribution is -2.34. The Morgan fingerprint density at radius 2 is 1.50 bits per heavy atom. The van der Waals surface area contributed by atoms with Crippen LogP contribution in [0.1, 0.15) is 11.1 Å². The second kappa shape index (κ2) is 4.53. The van der Waals surface area contributed by atoms with Crippen LogP contribution < -0.4 is 10.4 Å². The van der Waals surface area contributed by atoms with Gasteiger partial charge in [-0.2, -0.15) is 0 Å². The molecule has 0 saturated heterocycles. The molecule has 4 rings (SSSR count). The van der Waals surface area contributed by atoms with Crippen molar-refractivity contribution in [3.8, 4) is 0 Å². The van der Waals surface area contributed by atoms with Crippen LogP contribution in [-0.4, -0.2) is 11.4 Å². The minimum absolute atomic E-state index is 0.908. The summed E-state index contributed by atoms with van der Waals surface area (Å²) < 4.78 is 0. The highest BCUT2D eigenvalue weighted by atomic mass is 15.1. The molecule has 2 aliphatic heterocycles. The Morgan fingerprint density at radius 1 is 0.750 bits per heavy atom. The maximum atomic E-state index is 2.30. The summed E-state index contributed by atoms with van der Waals surface area (Å²) in [5, 5.41) is 2.57. The van der Waals surface area contributed by atoms with Gasteiger partial charge in [-0.3, -0.25) is 0 Å². The molecule has 2 aromatic carbocycles. The fourth-order valence-corrected chi connectivity index (χ4v) is 2.77. The number of hydrogen-bond acceptors (Lipinski definition) is 1. The Morgan fingerprint density at radius 3 is 2.40 bits per heavy atom. The van der Waals surface area contributed by atoms with E-state index in [4.69, 9.17) is 0 Å². The first kappa shape index (κ1) is 11.3. The summed E-state index contributed by atoms with van der Waals surface area (Å²) in [6.07, 6.45) is 11.2. The van der Waals surface area contributed by atoms with Gasteiger partial charge in [0.2, 0.25) is 0 Å². The lowest BCUT2D eigenvalue weighted by molar-refractivity contribution is 0.588. The van der Waals surface area contributed by atoms with Crippen molar-refractivity contribution in [2.75, 3.05) is 6.54 Å². The van der Waals surface area contributed by atoms with E-state index in [1.165, 1.54) is 27.3 Å². The monoisotopic (exact) mass is 257 g/mol. The molecule has 0 aromatic heterocycles. The van der Waals surface area contributed by atoms with E-state index < -0.39 is 0 Å². The van der Waals surface area contributed by atoms with Crippen LogP contribution in [0.2, 0.25) is 0 Å². The Labute approximate surface area is 118 Å². The Hall–Kier alpha value is -2.54. The molecule has 0 radical (unpaired) electrons. The van der Waals surface area contributed by atoms with Crippen molar-refractivity contribution < 1.29 is 0 Å². The minimum Gasteiger partial charge on any atom is -0.343 e. The van der Waals surface area contributed by atoms with Gasteiger partial charge in [-0.05, 0) is 33.7 Å². The van der Waals surface area contributed by atoms with Crippen LogP contribution in [-0.2, 0) is 0 Å². The molecule has 0 spiro atoms. The SMILES string of the molecule is C1=Cc2ccccc2C=C2C=c3ccccc3=CN2C1. The molecule has 2 aromatic rings. The van der Waals surface area contributed by atoms with Crippen LogP contribution in [0.4, 0.5) is 0 Å². The van der Waals surface area contributed by atoms with Crippen molar-refractivity contribution in [3.63, 3.8) is 0 Å². The molecule has 0 fully saturated rings. The zero-order valence-electron chi connectivity index (χ0n) is 11.2. The summed E-state index contributed by atoms with van der Waals surface area (Å²) in [5.74, 6) is 0. The third-order valence-corrected chi connectivity index (χ3v) is 3.82. The molecular weight excluding hydrogens is 242 g/mol. The summed E-state index contributed by atoms with van der Waals surface area (Å²) >= 11 is 0. The summed E-state index contributed by atoms with van der Waals surface area (Å²) in [5.41, 5.74) is 3.81. The molecule has 0 N–H and O–H groups in total. The molecule has 0 amide bonds. The number of fused-ring (bicyclic) bond motifs is 3. The average Bonchev–Trinajstić information content (AvgIpc) is 2.47. The Kier molecular flexibility index (Phi) is 2.56. The van der Waals surface area contributed by atoms with Crippen molar-refractivity contribution in [2.24, 2.45) is 0 Å². The summed E-state index contributed by atoms with van der Waals surface area (Å²) in [4.78, 5) is 2.30. The molecular formula is C19H15N. The fraction of sp³-hybridized carbons (Fsp3) is 0.0526. The van der Waals surface area contributed by atoms with Gasteiger partial charge in [0.25, 0.3) is 0 Å². The van der Waals surface area contributed by atoms with Crippen molar-refractivity contribution in [1.82, 2.24) is 4.90 Å². The third kappa shape index (κ3) is 1.88. The van der Waals surface area contributed by atoms with Gasteiger partial charge in [0.1, 0.15) is 0 Å². The number of hydrogen-bond donors (Lipinski definition) is 0. The highest BCUT2D eigenvalue weighted by molar-refractivity contribution is 5.74. The molecule has 20 heavy (non-hydrogen) atoms. The fourth-order valence-electron chi connectivity index (χ4n) is 2.77. The van der Waals surface area contributed by atoms with E-state index in [1.807, 2.05) is 0 Å². The first-order chi connectivity index (χ1) is 9.90. The smallest absolute Gasteiger partial charge is 0.0421 e. The van der Waals surface area contributed by atoms with Gasteiger partial charge < -0.3 is 4.90 Å². The van der Waals surface area contributed by atoms with Crippen molar-refractivity contribution in [1.29, 1.82) is 0 Å². The van der Waals surface area contributed by atoms with E-state index in [0.29, 0.717) is 0 Å². The van der Waals surface area contributed by atoms with E-state index in [0.717, 1.165) is 6.54 Å². The van der Waals surface area contributed by atoms with Gasteiger partial charge in [-0.15, -0.1) is 0 Å². The molecule has 96 valence electrons. The Bertz CT molecular complexity index is 840. The van der Waals surface area contributed by atoms with Gasteiger partial charge >= 0.3 is 0 Å². The molecule has 0 aliphatic carbocycles. The topological polar surface area (TPSA) is 3.24 Å².